The molecule has 1 aromatic carbocycles. The molecule has 112 valence electrons. The lowest BCUT2D eigenvalue weighted by Crippen LogP contribution is -2.09. The van der Waals surface area contributed by atoms with Crippen molar-refractivity contribution in [2.24, 2.45) is 0 Å². The summed E-state index contributed by atoms with van der Waals surface area (Å²) in [4.78, 5) is 12.5. The van der Waals surface area contributed by atoms with Gasteiger partial charge in [-0.3, -0.25) is 0 Å². The van der Waals surface area contributed by atoms with Gasteiger partial charge in [-0.05, 0) is 24.6 Å². The zero-order chi connectivity index (χ0) is 15.1. The van der Waals surface area contributed by atoms with Gasteiger partial charge in [-0.2, -0.15) is 15.0 Å². The Balaban J connectivity index is 2.09. The minimum absolute atomic E-state index is 0.296. The first kappa shape index (κ1) is 14.8. The van der Waals surface area contributed by atoms with Crippen molar-refractivity contribution in [3.63, 3.8) is 0 Å². The summed E-state index contributed by atoms with van der Waals surface area (Å²) < 4.78 is 10.5. The molecule has 2 aromatic rings. The molecule has 21 heavy (non-hydrogen) atoms. The van der Waals surface area contributed by atoms with Gasteiger partial charge >= 0.3 is 6.01 Å². The van der Waals surface area contributed by atoms with E-state index >= 15 is 0 Å². The van der Waals surface area contributed by atoms with E-state index in [1.54, 1.807) is 14.2 Å². The van der Waals surface area contributed by atoms with Gasteiger partial charge in [-0.15, -0.1) is 0 Å². The lowest BCUT2D eigenvalue weighted by molar-refractivity contribution is 0.312. The Labute approximate surface area is 123 Å². The summed E-state index contributed by atoms with van der Waals surface area (Å²) >= 11 is 0. The highest BCUT2D eigenvalue weighted by atomic mass is 16.5. The Hall–Kier alpha value is -2.57. The highest BCUT2D eigenvalue weighted by Gasteiger charge is 2.06. The van der Waals surface area contributed by atoms with Crippen LogP contribution in [0.15, 0.2) is 24.3 Å². The summed E-state index contributed by atoms with van der Waals surface area (Å²) in [5.74, 6) is 1.73. The van der Waals surface area contributed by atoms with Crippen molar-refractivity contribution >= 4 is 11.9 Å². The number of nitrogens with one attached hydrogen (secondary N) is 2. The third-order valence-corrected chi connectivity index (χ3v) is 2.70. The van der Waals surface area contributed by atoms with Crippen LogP contribution in [0.4, 0.5) is 11.9 Å². The molecule has 0 aliphatic rings. The smallest absolute Gasteiger partial charge is 0.323 e. The molecule has 2 rings (SSSR count). The van der Waals surface area contributed by atoms with Crippen LogP contribution in [-0.4, -0.2) is 35.7 Å². The number of aromatic nitrogens is 3. The van der Waals surface area contributed by atoms with Crippen LogP contribution in [0.2, 0.25) is 0 Å². The van der Waals surface area contributed by atoms with Crippen molar-refractivity contribution < 1.29 is 9.47 Å². The Morgan fingerprint density at radius 2 is 1.95 bits per heavy atom. The highest BCUT2D eigenvalue weighted by Crippen LogP contribution is 2.15. The van der Waals surface area contributed by atoms with Crippen molar-refractivity contribution in [2.45, 2.75) is 13.5 Å². The summed E-state index contributed by atoms with van der Waals surface area (Å²) in [7, 11) is 3.39. The van der Waals surface area contributed by atoms with E-state index in [1.807, 2.05) is 31.2 Å². The van der Waals surface area contributed by atoms with Crippen LogP contribution in [0, 0.1) is 0 Å². The lowest BCUT2D eigenvalue weighted by Gasteiger charge is -2.09. The molecule has 1 aromatic heterocycles. The van der Waals surface area contributed by atoms with Gasteiger partial charge in [-0.25, -0.2) is 0 Å². The first-order valence-electron chi connectivity index (χ1n) is 6.68. The maximum absolute atomic E-state index is 5.32. The number of benzene rings is 1. The molecule has 0 spiro atoms. The Morgan fingerprint density at radius 1 is 1.14 bits per heavy atom. The van der Waals surface area contributed by atoms with Crippen molar-refractivity contribution in [2.75, 3.05) is 31.4 Å². The Morgan fingerprint density at radius 3 is 2.67 bits per heavy atom. The van der Waals surface area contributed by atoms with Crippen molar-refractivity contribution in [1.29, 1.82) is 0 Å². The molecular formula is C14H19N5O2. The van der Waals surface area contributed by atoms with Crippen molar-refractivity contribution in [1.82, 2.24) is 15.0 Å². The van der Waals surface area contributed by atoms with Crippen LogP contribution in [0.3, 0.4) is 0 Å². The Kier molecular flexibility index (Phi) is 5.14. The largest absolute Gasteiger partial charge is 0.497 e. The quantitative estimate of drug-likeness (QED) is 0.806. The first-order chi connectivity index (χ1) is 10.2. The molecule has 0 unspecified atom stereocenters. The highest BCUT2D eigenvalue weighted by molar-refractivity contribution is 5.37. The number of hydrogen-bond acceptors (Lipinski definition) is 7. The molecule has 0 aliphatic carbocycles. The van der Waals surface area contributed by atoms with Gasteiger partial charge in [0.15, 0.2) is 0 Å². The number of ether oxygens (including phenoxy) is 2. The van der Waals surface area contributed by atoms with Crippen LogP contribution in [-0.2, 0) is 6.54 Å². The van der Waals surface area contributed by atoms with Gasteiger partial charge in [0.2, 0.25) is 11.9 Å². The fraction of sp³-hybridized carbons (Fsp3) is 0.357. The van der Waals surface area contributed by atoms with Gasteiger partial charge in [0, 0.05) is 13.6 Å². The molecule has 0 fully saturated rings. The van der Waals surface area contributed by atoms with Gasteiger partial charge < -0.3 is 20.1 Å². The minimum atomic E-state index is 0.296. The van der Waals surface area contributed by atoms with Gasteiger partial charge in [-0.1, -0.05) is 12.1 Å². The number of hydrogen-bond donors (Lipinski definition) is 2. The molecule has 7 heteroatoms. The first-order valence-corrected chi connectivity index (χ1v) is 6.68. The average molecular weight is 289 g/mol. The molecule has 0 saturated heterocycles. The fourth-order valence-corrected chi connectivity index (χ4v) is 1.70. The van der Waals surface area contributed by atoms with E-state index in [2.05, 4.69) is 25.6 Å². The molecule has 0 bridgehead atoms. The second-order valence-electron chi connectivity index (χ2n) is 4.15. The minimum Gasteiger partial charge on any atom is -0.497 e. The van der Waals surface area contributed by atoms with E-state index in [0.29, 0.717) is 31.1 Å². The molecule has 0 radical (unpaired) electrons. The summed E-state index contributed by atoms with van der Waals surface area (Å²) in [5, 5.41) is 6.03. The fourth-order valence-electron chi connectivity index (χ4n) is 1.70. The van der Waals surface area contributed by atoms with Gasteiger partial charge in [0.05, 0.1) is 13.7 Å². The van der Waals surface area contributed by atoms with Crippen LogP contribution in [0.1, 0.15) is 12.5 Å². The third kappa shape index (κ3) is 4.20. The monoisotopic (exact) mass is 289 g/mol. The lowest BCUT2D eigenvalue weighted by atomic mass is 10.2. The second kappa shape index (κ2) is 7.28. The van der Waals surface area contributed by atoms with Crippen LogP contribution >= 0.6 is 0 Å². The molecule has 7 nitrogen and oxygen atoms in total. The Bertz CT molecular complexity index is 591. The maximum Gasteiger partial charge on any atom is 0.323 e. The molecule has 2 N–H and O–H groups in total. The van der Waals surface area contributed by atoms with E-state index in [9.17, 15) is 0 Å². The van der Waals surface area contributed by atoms with E-state index in [4.69, 9.17) is 9.47 Å². The normalized spacial score (nSPS) is 10.0. The molecule has 1 heterocycles. The number of anilines is 2. The predicted molar refractivity (Wildman–Crippen MR) is 80.9 cm³/mol. The molecule has 0 atom stereocenters. The van der Waals surface area contributed by atoms with Crippen LogP contribution < -0.4 is 20.1 Å². The van der Waals surface area contributed by atoms with Crippen molar-refractivity contribution in [3.05, 3.63) is 29.8 Å². The van der Waals surface area contributed by atoms with Gasteiger partial charge in [0.25, 0.3) is 0 Å². The summed E-state index contributed by atoms with van der Waals surface area (Å²) in [6.45, 7) is 2.96. The topological polar surface area (TPSA) is 81.2 Å². The van der Waals surface area contributed by atoms with Crippen LogP contribution in [0.25, 0.3) is 0 Å². The maximum atomic E-state index is 5.32. The van der Waals surface area contributed by atoms with E-state index in [-0.39, 0.29) is 0 Å². The standard InChI is InChI=1S/C14H19N5O2/c1-4-21-14-18-12(15-2)17-13(19-14)16-9-10-6-5-7-11(8-10)20-3/h5-8H,4,9H2,1-3H3,(H2,15,16,17,18,19). The molecule has 0 saturated carbocycles. The average Bonchev–Trinajstić information content (AvgIpc) is 2.53. The van der Waals surface area contributed by atoms with E-state index < -0.39 is 0 Å². The number of nitrogens with zero attached hydrogens (tertiary/aromatic N) is 3. The van der Waals surface area contributed by atoms with E-state index in [0.717, 1.165) is 11.3 Å². The summed E-state index contributed by atoms with van der Waals surface area (Å²) in [6, 6.07) is 8.09. The van der Waals surface area contributed by atoms with Gasteiger partial charge in [0.1, 0.15) is 5.75 Å². The second-order valence-corrected chi connectivity index (χ2v) is 4.15. The molecule has 0 aliphatic heterocycles. The number of rotatable bonds is 7. The zero-order valence-electron chi connectivity index (χ0n) is 12.4. The van der Waals surface area contributed by atoms with Crippen molar-refractivity contribution in [3.8, 4) is 11.8 Å². The summed E-state index contributed by atoms with van der Waals surface area (Å²) in [5.41, 5.74) is 1.07. The summed E-state index contributed by atoms with van der Waals surface area (Å²) in [6.07, 6.45) is 0. The predicted octanol–water partition coefficient (Wildman–Crippen LogP) is 1.93. The number of methoxy groups -OCH3 is 1. The van der Waals surface area contributed by atoms with E-state index in [1.165, 1.54) is 0 Å². The van der Waals surface area contributed by atoms with Crippen LogP contribution in [0.5, 0.6) is 11.8 Å². The SMILES string of the molecule is CCOc1nc(NC)nc(NCc2cccc(OC)c2)n1. The third-order valence-electron chi connectivity index (χ3n) is 2.70. The molecular weight excluding hydrogens is 270 g/mol. The zero-order valence-corrected chi connectivity index (χ0v) is 12.4. The molecule has 0 amide bonds.